The van der Waals surface area contributed by atoms with Crippen molar-refractivity contribution in [1.29, 1.82) is 0 Å². The van der Waals surface area contributed by atoms with Gasteiger partial charge in [-0.05, 0) is 60.7 Å². The SMILES string of the molecule is COc1cccc(CN(C(=O)COc2cccc(C)c2)[C@H](Cc2ccccc2)C(=O)NC2CCCC2)c1. The molecular weight excluding hydrogens is 464 g/mol. The number of hydrogen-bond acceptors (Lipinski definition) is 4. The van der Waals surface area contributed by atoms with E-state index in [0.29, 0.717) is 17.9 Å². The molecule has 0 aliphatic heterocycles. The molecule has 3 aromatic carbocycles. The van der Waals surface area contributed by atoms with Crippen molar-refractivity contribution in [3.05, 3.63) is 95.6 Å². The van der Waals surface area contributed by atoms with Crippen molar-refractivity contribution in [1.82, 2.24) is 10.2 Å². The Labute approximate surface area is 219 Å². The van der Waals surface area contributed by atoms with E-state index in [-0.39, 0.29) is 31.0 Å². The molecule has 4 rings (SSSR count). The third-order valence-electron chi connectivity index (χ3n) is 6.81. The van der Waals surface area contributed by atoms with Crippen LogP contribution in [0.5, 0.6) is 11.5 Å². The van der Waals surface area contributed by atoms with Crippen molar-refractivity contribution >= 4 is 11.8 Å². The highest BCUT2D eigenvalue weighted by Gasteiger charge is 2.32. The third kappa shape index (κ3) is 7.59. The van der Waals surface area contributed by atoms with Gasteiger partial charge in [0.15, 0.2) is 6.61 Å². The average molecular weight is 501 g/mol. The Balaban J connectivity index is 1.62. The molecule has 0 radical (unpaired) electrons. The van der Waals surface area contributed by atoms with Crippen LogP contribution in [0.3, 0.4) is 0 Å². The third-order valence-corrected chi connectivity index (χ3v) is 6.81. The Hall–Kier alpha value is -3.80. The monoisotopic (exact) mass is 500 g/mol. The highest BCUT2D eigenvalue weighted by Crippen LogP contribution is 2.21. The first-order valence-electron chi connectivity index (χ1n) is 13.0. The molecular formula is C31H36N2O4. The van der Waals surface area contributed by atoms with Gasteiger partial charge in [-0.15, -0.1) is 0 Å². The summed E-state index contributed by atoms with van der Waals surface area (Å²) in [5, 5.41) is 3.23. The van der Waals surface area contributed by atoms with E-state index in [1.54, 1.807) is 12.0 Å². The topological polar surface area (TPSA) is 67.9 Å². The molecule has 3 aromatic rings. The van der Waals surface area contributed by atoms with Crippen LogP contribution in [0.2, 0.25) is 0 Å². The molecule has 1 aliphatic rings. The second-order valence-electron chi connectivity index (χ2n) is 9.67. The molecule has 1 fully saturated rings. The highest BCUT2D eigenvalue weighted by molar-refractivity contribution is 5.88. The Morgan fingerprint density at radius 2 is 1.62 bits per heavy atom. The largest absolute Gasteiger partial charge is 0.497 e. The van der Waals surface area contributed by atoms with Gasteiger partial charge in [-0.1, -0.05) is 67.4 Å². The number of nitrogens with zero attached hydrogens (tertiary/aromatic N) is 1. The second kappa shape index (κ2) is 12.9. The Kier molecular flexibility index (Phi) is 9.19. The minimum Gasteiger partial charge on any atom is -0.497 e. The number of hydrogen-bond donors (Lipinski definition) is 1. The van der Waals surface area contributed by atoms with Crippen molar-refractivity contribution in [3.63, 3.8) is 0 Å². The fraction of sp³-hybridized carbons (Fsp3) is 0.355. The first kappa shape index (κ1) is 26.3. The lowest BCUT2D eigenvalue weighted by Gasteiger charge is -2.32. The number of benzene rings is 3. The molecule has 194 valence electrons. The number of carbonyl (C=O) groups excluding carboxylic acids is 2. The zero-order valence-electron chi connectivity index (χ0n) is 21.7. The molecule has 6 nitrogen and oxygen atoms in total. The summed E-state index contributed by atoms with van der Waals surface area (Å²) in [5.41, 5.74) is 2.93. The van der Waals surface area contributed by atoms with Gasteiger partial charge in [0.25, 0.3) is 5.91 Å². The fourth-order valence-electron chi connectivity index (χ4n) is 4.82. The van der Waals surface area contributed by atoms with Crippen molar-refractivity contribution < 1.29 is 19.1 Å². The van der Waals surface area contributed by atoms with Crippen LogP contribution in [0.15, 0.2) is 78.9 Å². The molecule has 0 saturated heterocycles. The molecule has 1 atom stereocenters. The minimum atomic E-state index is -0.678. The van der Waals surface area contributed by atoms with Crippen LogP contribution in [-0.2, 0) is 22.6 Å². The summed E-state index contributed by atoms with van der Waals surface area (Å²) in [5.74, 6) is 0.968. The lowest BCUT2D eigenvalue weighted by Crippen LogP contribution is -2.53. The van der Waals surface area contributed by atoms with Gasteiger partial charge in [0, 0.05) is 19.0 Å². The molecule has 0 unspecified atom stereocenters. The summed E-state index contributed by atoms with van der Waals surface area (Å²) < 4.78 is 11.3. The number of rotatable bonds is 11. The lowest BCUT2D eigenvalue weighted by molar-refractivity contribution is -0.143. The molecule has 1 saturated carbocycles. The van der Waals surface area contributed by atoms with Gasteiger partial charge in [-0.3, -0.25) is 9.59 Å². The minimum absolute atomic E-state index is 0.123. The maximum atomic E-state index is 13.7. The maximum absolute atomic E-state index is 13.7. The van der Waals surface area contributed by atoms with E-state index in [2.05, 4.69) is 5.32 Å². The molecule has 6 heteroatoms. The molecule has 0 aromatic heterocycles. The zero-order chi connectivity index (χ0) is 26.0. The highest BCUT2D eigenvalue weighted by atomic mass is 16.5. The van der Waals surface area contributed by atoms with Crippen molar-refractivity contribution in [2.45, 2.75) is 57.7 Å². The summed E-state index contributed by atoms with van der Waals surface area (Å²) in [7, 11) is 1.62. The predicted octanol–water partition coefficient (Wildman–Crippen LogP) is 5.08. The van der Waals surface area contributed by atoms with E-state index in [9.17, 15) is 9.59 Å². The van der Waals surface area contributed by atoms with Gasteiger partial charge < -0.3 is 19.7 Å². The number of ether oxygens (including phenoxy) is 2. The molecule has 2 amide bonds. The van der Waals surface area contributed by atoms with Crippen molar-refractivity contribution in [3.8, 4) is 11.5 Å². The zero-order valence-corrected chi connectivity index (χ0v) is 21.7. The van der Waals surface area contributed by atoms with Gasteiger partial charge >= 0.3 is 0 Å². The van der Waals surface area contributed by atoms with Crippen LogP contribution < -0.4 is 14.8 Å². The van der Waals surface area contributed by atoms with Crippen LogP contribution in [0.25, 0.3) is 0 Å². The van der Waals surface area contributed by atoms with Gasteiger partial charge in [0.2, 0.25) is 5.91 Å². The molecule has 0 heterocycles. The number of aryl methyl sites for hydroxylation is 1. The number of carbonyl (C=O) groups is 2. The van der Waals surface area contributed by atoms with Gasteiger partial charge in [0.1, 0.15) is 17.5 Å². The van der Waals surface area contributed by atoms with E-state index in [1.807, 2.05) is 85.8 Å². The van der Waals surface area contributed by atoms with Gasteiger partial charge in [-0.2, -0.15) is 0 Å². The summed E-state index contributed by atoms with van der Waals surface area (Å²) in [6, 6.07) is 24.5. The Morgan fingerprint density at radius 3 is 2.35 bits per heavy atom. The van der Waals surface area contributed by atoms with Crippen LogP contribution in [0.4, 0.5) is 0 Å². The van der Waals surface area contributed by atoms with Gasteiger partial charge in [-0.25, -0.2) is 0 Å². The second-order valence-corrected chi connectivity index (χ2v) is 9.67. The summed E-state index contributed by atoms with van der Waals surface area (Å²) in [6.07, 6.45) is 4.60. The lowest BCUT2D eigenvalue weighted by atomic mass is 10.0. The molecule has 1 aliphatic carbocycles. The van der Waals surface area contributed by atoms with Gasteiger partial charge in [0.05, 0.1) is 7.11 Å². The quantitative estimate of drug-likeness (QED) is 0.399. The number of amides is 2. The van der Waals surface area contributed by atoms with E-state index >= 15 is 0 Å². The van der Waals surface area contributed by atoms with Crippen molar-refractivity contribution in [2.24, 2.45) is 0 Å². The normalized spacial score (nSPS) is 14.1. The first-order valence-corrected chi connectivity index (χ1v) is 13.0. The molecule has 0 spiro atoms. The van der Waals surface area contributed by atoms with E-state index in [4.69, 9.17) is 9.47 Å². The molecule has 1 N–H and O–H groups in total. The summed E-state index contributed by atoms with van der Waals surface area (Å²) in [4.78, 5) is 29.1. The summed E-state index contributed by atoms with van der Waals surface area (Å²) >= 11 is 0. The number of methoxy groups -OCH3 is 1. The van der Waals surface area contributed by atoms with Crippen LogP contribution in [-0.4, -0.2) is 42.5 Å². The first-order chi connectivity index (χ1) is 18.0. The number of nitrogens with one attached hydrogen (secondary N) is 1. The predicted molar refractivity (Wildman–Crippen MR) is 145 cm³/mol. The smallest absolute Gasteiger partial charge is 0.261 e. The fourth-order valence-corrected chi connectivity index (χ4v) is 4.82. The van der Waals surface area contributed by atoms with E-state index in [1.165, 1.54) is 0 Å². The van der Waals surface area contributed by atoms with Crippen LogP contribution in [0.1, 0.15) is 42.4 Å². The van der Waals surface area contributed by atoms with Crippen molar-refractivity contribution in [2.75, 3.05) is 13.7 Å². The summed E-state index contributed by atoms with van der Waals surface area (Å²) in [6.45, 7) is 2.09. The average Bonchev–Trinajstić information content (AvgIpc) is 3.43. The van der Waals surface area contributed by atoms with Crippen LogP contribution in [0, 0.1) is 6.92 Å². The van der Waals surface area contributed by atoms with Crippen LogP contribution >= 0.6 is 0 Å². The standard InChI is InChI=1S/C31H36N2O4/c1-23-10-8-17-28(18-23)37-22-30(34)33(21-25-13-9-16-27(19-25)36-2)29(20-24-11-4-3-5-12-24)31(35)32-26-14-6-7-15-26/h3-5,8-13,16-19,26,29H,6-7,14-15,20-22H2,1-2H3,(H,32,35)/t29-/m1/s1. The maximum Gasteiger partial charge on any atom is 0.261 e. The molecule has 0 bridgehead atoms. The molecule has 37 heavy (non-hydrogen) atoms. The van der Waals surface area contributed by atoms with E-state index in [0.717, 1.165) is 42.4 Å². The van der Waals surface area contributed by atoms with E-state index < -0.39 is 6.04 Å². The Morgan fingerprint density at radius 1 is 0.919 bits per heavy atom. The Bertz CT molecular complexity index is 1170.